The first-order valence-corrected chi connectivity index (χ1v) is 8.38. The average molecular weight is 320 g/mol. The second-order valence-electron chi connectivity index (χ2n) is 7.07. The van der Waals surface area contributed by atoms with E-state index in [2.05, 4.69) is 29.1 Å². The van der Waals surface area contributed by atoms with Gasteiger partial charge in [0.15, 0.2) is 0 Å². The maximum atomic E-state index is 11.9. The molecule has 2 heterocycles. The fourth-order valence-corrected chi connectivity index (χ4v) is 2.64. The predicted molar refractivity (Wildman–Crippen MR) is 90.6 cm³/mol. The van der Waals surface area contributed by atoms with Gasteiger partial charge >= 0.3 is 6.09 Å². The Morgan fingerprint density at radius 1 is 1.35 bits per heavy atom. The highest BCUT2D eigenvalue weighted by Crippen LogP contribution is 2.23. The Hall–Kier alpha value is -1.85. The Morgan fingerprint density at radius 3 is 2.57 bits per heavy atom. The minimum atomic E-state index is -0.452. The molecule has 23 heavy (non-hydrogen) atoms. The van der Waals surface area contributed by atoms with Crippen molar-refractivity contribution in [3.63, 3.8) is 0 Å². The number of carbonyl (C=O) groups is 1. The van der Waals surface area contributed by atoms with E-state index in [0.29, 0.717) is 19.0 Å². The first-order chi connectivity index (χ1) is 10.8. The number of amides is 1. The van der Waals surface area contributed by atoms with Crippen LogP contribution < -0.4 is 5.32 Å². The van der Waals surface area contributed by atoms with E-state index in [9.17, 15) is 4.79 Å². The van der Waals surface area contributed by atoms with Gasteiger partial charge in [-0.3, -0.25) is 0 Å². The van der Waals surface area contributed by atoms with E-state index in [1.807, 2.05) is 26.8 Å². The van der Waals surface area contributed by atoms with Crippen LogP contribution in [-0.4, -0.2) is 45.7 Å². The molecule has 0 atom stereocenters. The SMILES string of the molecule is CCC(CC)c1cc(NC2CN(C(=O)OC(C)(C)C)C2)ncn1. The number of ether oxygens (including phenoxy) is 1. The molecule has 1 aromatic rings. The van der Waals surface area contributed by atoms with Crippen molar-refractivity contribution in [3.05, 3.63) is 18.1 Å². The van der Waals surface area contributed by atoms with Gasteiger partial charge in [-0.1, -0.05) is 13.8 Å². The van der Waals surface area contributed by atoms with Crippen molar-refractivity contribution in [1.82, 2.24) is 14.9 Å². The van der Waals surface area contributed by atoms with Crippen molar-refractivity contribution in [2.24, 2.45) is 0 Å². The molecular weight excluding hydrogens is 292 g/mol. The van der Waals surface area contributed by atoms with E-state index in [1.165, 1.54) is 0 Å². The number of aromatic nitrogens is 2. The molecule has 0 aliphatic carbocycles. The molecule has 1 amide bonds. The first kappa shape index (κ1) is 17.5. The Bertz CT molecular complexity index is 532. The summed E-state index contributed by atoms with van der Waals surface area (Å²) in [6.45, 7) is 11.3. The Labute approximate surface area is 138 Å². The largest absolute Gasteiger partial charge is 0.444 e. The number of rotatable bonds is 5. The van der Waals surface area contributed by atoms with Crippen LogP contribution in [0.25, 0.3) is 0 Å². The molecule has 0 bridgehead atoms. The molecule has 0 spiro atoms. The average Bonchev–Trinajstić information content (AvgIpc) is 2.42. The summed E-state index contributed by atoms with van der Waals surface area (Å²) in [5, 5.41) is 3.37. The summed E-state index contributed by atoms with van der Waals surface area (Å²) in [6.07, 6.45) is 3.50. The Balaban J connectivity index is 1.86. The molecule has 128 valence electrons. The van der Waals surface area contributed by atoms with Crippen molar-refractivity contribution < 1.29 is 9.53 Å². The van der Waals surface area contributed by atoms with E-state index >= 15 is 0 Å². The van der Waals surface area contributed by atoms with E-state index in [4.69, 9.17) is 4.74 Å². The molecule has 2 rings (SSSR count). The summed E-state index contributed by atoms with van der Waals surface area (Å²) < 4.78 is 5.35. The number of hydrogen-bond acceptors (Lipinski definition) is 5. The van der Waals surface area contributed by atoms with Gasteiger partial charge in [0, 0.05) is 30.8 Å². The molecule has 1 aromatic heterocycles. The van der Waals surface area contributed by atoms with Crippen molar-refractivity contribution in [1.29, 1.82) is 0 Å². The summed E-state index contributed by atoms with van der Waals surface area (Å²) in [5.41, 5.74) is 0.628. The lowest BCUT2D eigenvalue weighted by Gasteiger charge is -2.40. The zero-order chi connectivity index (χ0) is 17.0. The van der Waals surface area contributed by atoms with Gasteiger partial charge in [-0.15, -0.1) is 0 Å². The summed E-state index contributed by atoms with van der Waals surface area (Å²) in [4.78, 5) is 22.3. The first-order valence-electron chi connectivity index (χ1n) is 8.38. The van der Waals surface area contributed by atoms with Gasteiger partial charge in [0.1, 0.15) is 17.7 Å². The number of likely N-dealkylation sites (tertiary alicyclic amines) is 1. The van der Waals surface area contributed by atoms with Crippen LogP contribution in [0.3, 0.4) is 0 Å². The van der Waals surface area contributed by atoms with E-state index in [-0.39, 0.29) is 12.1 Å². The molecule has 1 N–H and O–H groups in total. The molecule has 0 unspecified atom stereocenters. The van der Waals surface area contributed by atoms with Crippen LogP contribution in [0.1, 0.15) is 59.1 Å². The molecular formula is C17H28N4O2. The third-order valence-corrected chi connectivity index (χ3v) is 3.98. The van der Waals surface area contributed by atoms with Crippen molar-refractivity contribution in [2.45, 2.75) is 65.0 Å². The summed E-state index contributed by atoms with van der Waals surface area (Å²) in [5.74, 6) is 1.30. The van der Waals surface area contributed by atoms with Crippen LogP contribution in [0.15, 0.2) is 12.4 Å². The van der Waals surface area contributed by atoms with Gasteiger partial charge in [0.2, 0.25) is 0 Å². The predicted octanol–water partition coefficient (Wildman–Crippen LogP) is 3.41. The van der Waals surface area contributed by atoms with Crippen molar-refractivity contribution >= 4 is 11.9 Å². The van der Waals surface area contributed by atoms with Crippen LogP contribution in [0.5, 0.6) is 0 Å². The Kier molecular flexibility index (Phi) is 5.44. The van der Waals surface area contributed by atoms with Gasteiger partial charge in [0.05, 0.1) is 6.04 Å². The number of nitrogens with one attached hydrogen (secondary N) is 1. The minimum absolute atomic E-state index is 0.215. The fraction of sp³-hybridized carbons (Fsp3) is 0.706. The molecule has 6 nitrogen and oxygen atoms in total. The standard InChI is InChI=1S/C17H28N4O2/c1-6-12(7-2)14-8-15(19-11-18-14)20-13-9-21(10-13)16(22)23-17(3,4)5/h8,11-13H,6-7,9-10H2,1-5H3,(H,18,19,20). The third kappa shape index (κ3) is 4.81. The third-order valence-electron chi connectivity index (χ3n) is 3.98. The van der Waals surface area contributed by atoms with E-state index in [1.54, 1.807) is 11.2 Å². The number of carbonyl (C=O) groups excluding carboxylic acids is 1. The van der Waals surface area contributed by atoms with Crippen LogP contribution in [0, 0.1) is 0 Å². The number of anilines is 1. The van der Waals surface area contributed by atoms with Gasteiger partial charge in [0.25, 0.3) is 0 Å². The summed E-state index contributed by atoms with van der Waals surface area (Å²) in [6, 6.07) is 2.24. The summed E-state index contributed by atoms with van der Waals surface area (Å²) >= 11 is 0. The molecule has 1 aliphatic heterocycles. The zero-order valence-corrected chi connectivity index (χ0v) is 14.8. The smallest absolute Gasteiger partial charge is 0.410 e. The van der Waals surface area contributed by atoms with Gasteiger partial charge < -0.3 is 15.0 Å². The lowest BCUT2D eigenvalue weighted by molar-refractivity contribution is 0.0104. The topological polar surface area (TPSA) is 67.4 Å². The molecule has 0 radical (unpaired) electrons. The van der Waals surface area contributed by atoms with E-state index < -0.39 is 5.60 Å². The molecule has 0 aromatic carbocycles. The lowest BCUT2D eigenvalue weighted by Crippen LogP contribution is -2.58. The van der Waals surface area contributed by atoms with Crippen LogP contribution >= 0.6 is 0 Å². The normalized spacial score (nSPS) is 15.5. The molecule has 0 saturated carbocycles. The summed E-state index contributed by atoms with van der Waals surface area (Å²) in [7, 11) is 0. The zero-order valence-electron chi connectivity index (χ0n) is 14.8. The van der Waals surface area contributed by atoms with Crippen molar-refractivity contribution in [2.75, 3.05) is 18.4 Å². The highest BCUT2D eigenvalue weighted by Gasteiger charge is 2.33. The molecule has 1 aliphatic rings. The number of nitrogens with zero attached hydrogens (tertiary/aromatic N) is 3. The van der Waals surface area contributed by atoms with Gasteiger partial charge in [-0.25, -0.2) is 14.8 Å². The molecule has 1 fully saturated rings. The second kappa shape index (κ2) is 7.15. The van der Waals surface area contributed by atoms with Gasteiger partial charge in [-0.05, 0) is 33.6 Å². The van der Waals surface area contributed by atoms with E-state index in [0.717, 1.165) is 24.4 Å². The minimum Gasteiger partial charge on any atom is -0.444 e. The monoisotopic (exact) mass is 320 g/mol. The molecule has 6 heteroatoms. The fourth-order valence-electron chi connectivity index (χ4n) is 2.64. The highest BCUT2D eigenvalue weighted by molar-refractivity contribution is 5.69. The highest BCUT2D eigenvalue weighted by atomic mass is 16.6. The van der Waals surface area contributed by atoms with Crippen molar-refractivity contribution in [3.8, 4) is 0 Å². The maximum Gasteiger partial charge on any atom is 0.410 e. The number of hydrogen-bond donors (Lipinski definition) is 1. The van der Waals surface area contributed by atoms with Crippen LogP contribution in [0.2, 0.25) is 0 Å². The molecule has 1 saturated heterocycles. The maximum absolute atomic E-state index is 11.9. The second-order valence-corrected chi connectivity index (χ2v) is 7.07. The Morgan fingerprint density at radius 2 is 2.00 bits per heavy atom. The lowest BCUT2D eigenvalue weighted by atomic mass is 9.99. The quantitative estimate of drug-likeness (QED) is 0.900. The van der Waals surface area contributed by atoms with Crippen LogP contribution in [-0.2, 0) is 4.74 Å². The van der Waals surface area contributed by atoms with Crippen LogP contribution in [0.4, 0.5) is 10.6 Å². The van der Waals surface area contributed by atoms with Gasteiger partial charge in [-0.2, -0.15) is 0 Å².